The number of aromatic nitrogens is 1. The van der Waals surface area contributed by atoms with Gasteiger partial charge in [-0.3, -0.25) is 0 Å². The molecular weight excluding hydrogens is 356 g/mol. The molecule has 28 heavy (non-hydrogen) atoms. The van der Waals surface area contributed by atoms with Gasteiger partial charge >= 0.3 is 0 Å². The monoisotopic (exact) mass is 388 g/mol. The van der Waals surface area contributed by atoms with Crippen LogP contribution in [-0.2, 0) is 12.0 Å². The van der Waals surface area contributed by atoms with Gasteiger partial charge in [-0.1, -0.05) is 19.9 Å². The summed E-state index contributed by atoms with van der Waals surface area (Å²) in [5.41, 5.74) is 1.90. The number of hydrogen-bond donors (Lipinski definition) is 2. The summed E-state index contributed by atoms with van der Waals surface area (Å²) in [6.45, 7) is 12.1. The van der Waals surface area contributed by atoms with Crippen LogP contribution in [0.15, 0.2) is 27.6 Å². The Bertz CT molecular complexity index is 792. The van der Waals surface area contributed by atoms with Crippen LogP contribution in [0.25, 0.3) is 0 Å². The molecular formula is C21H32N4O3. The van der Waals surface area contributed by atoms with E-state index >= 15 is 0 Å². The Morgan fingerprint density at radius 1 is 1.14 bits per heavy atom. The fourth-order valence-corrected chi connectivity index (χ4v) is 2.76. The standard InChI is InChI=1S/C21H32N4O3/c1-8-22-20(23-12-19-25-14(2)15(3)28-19)24-13-21(4,5)16-9-10-17(26-6)18(11-16)27-7/h9-11H,8,12-13H2,1-7H3,(H2,22,23,24). The van der Waals surface area contributed by atoms with Crippen molar-refractivity contribution in [1.82, 2.24) is 15.6 Å². The Kier molecular flexibility index (Phi) is 7.31. The van der Waals surface area contributed by atoms with E-state index in [0.29, 0.717) is 19.0 Å². The number of ether oxygens (including phenoxy) is 2. The first-order chi connectivity index (χ1) is 13.3. The number of aryl methyl sites for hydroxylation is 2. The van der Waals surface area contributed by atoms with E-state index in [2.05, 4.69) is 40.5 Å². The summed E-state index contributed by atoms with van der Waals surface area (Å²) in [6, 6.07) is 6.01. The molecule has 0 aliphatic heterocycles. The normalized spacial score (nSPS) is 12.0. The summed E-state index contributed by atoms with van der Waals surface area (Å²) in [6.07, 6.45) is 0. The van der Waals surface area contributed by atoms with E-state index in [9.17, 15) is 0 Å². The molecule has 0 saturated heterocycles. The first-order valence-corrected chi connectivity index (χ1v) is 9.48. The van der Waals surface area contributed by atoms with Crippen molar-refractivity contribution < 1.29 is 13.9 Å². The number of guanidine groups is 1. The van der Waals surface area contributed by atoms with Crippen molar-refractivity contribution in [3.05, 3.63) is 41.1 Å². The van der Waals surface area contributed by atoms with E-state index in [1.807, 2.05) is 32.9 Å². The van der Waals surface area contributed by atoms with Crippen LogP contribution in [-0.4, -0.2) is 38.3 Å². The molecule has 0 fully saturated rings. The second-order valence-electron chi connectivity index (χ2n) is 7.25. The van der Waals surface area contributed by atoms with E-state index in [1.54, 1.807) is 14.2 Å². The van der Waals surface area contributed by atoms with E-state index < -0.39 is 0 Å². The minimum absolute atomic E-state index is 0.147. The number of aliphatic imine (C=N–C) groups is 1. The molecule has 0 aliphatic rings. The lowest BCUT2D eigenvalue weighted by Crippen LogP contribution is -2.43. The molecule has 7 heteroatoms. The Morgan fingerprint density at radius 2 is 1.86 bits per heavy atom. The number of nitrogens with one attached hydrogen (secondary N) is 2. The summed E-state index contributed by atoms with van der Waals surface area (Å²) in [4.78, 5) is 8.97. The predicted octanol–water partition coefficient (Wildman–Crippen LogP) is 3.34. The summed E-state index contributed by atoms with van der Waals surface area (Å²) < 4.78 is 16.4. The number of oxazole rings is 1. The molecule has 0 bridgehead atoms. The zero-order valence-corrected chi connectivity index (χ0v) is 18.0. The van der Waals surface area contributed by atoms with Crippen LogP contribution >= 0.6 is 0 Å². The fraction of sp³-hybridized carbons (Fsp3) is 0.524. The van der Waals surface area contributed by atoms with Crippen molar-refractivity contribution in [2.24, 2.45) is 4.99 Å². The van der Waals surface area contributed by atoms with E-state index in [-0.39, 0.29) is 5.41 Å². The van der Waals surface area contributed by atoms with Crippen LogP contribution in [0.4, 0.5) is 0 Å². The van der Waals surface area contributed by atoms with Crippen LogP contribution in [0.2, 0.25) is 0 Å². The minimum Gasteiger partial charge on any atom is -0.493 e. The molecule has 2 rings (SSSR count). The summed E-state index contributed by atoms with van der Waals surface area (Å²) in [7, 11) is 3.29. The average Bonchev–Trinajstić information content (AvgIpc) is 3.01. The molecule has 7 nitrogen and oxygen atoms in total. The molecule has 2 aromatic rings. The van der Waals surface area contributed by atoms with Gasteiger partial charge in [-0.15, -0.1) is 0 Å². The van der Waals surface area contributed by atoms with Gasteiger partial charge in [0.2, 0.25) is 5.89 Å². The molecule has 1 aromatic heterocycles. The molecule has 0 atom stereocenters. The third-order valence-corrected chi connectivity index (χ3v) is 4.65. The molecule has 0 aliphatic carbocycles. The maximum absolute atomic E-state index is 5.61. The summed E-state index contributed by atoms with van der Waals surface area (Å²) >= 11 is 0. The smallest absolute Gasteiger partial charge is 0.216 e. The van der Waals surface area contributed by atoms with Crippen molar-refractivity contribution in [2.45, 2.75) is 46.6 Å². The van der Waals surface area contributed by atoms with E-state index in [0.717, 1.165) is 41.0 Å². The third-order valence-electron chi connectivity index (χ3n) is 4.65. The molecule has 1 aromatic carbocycles. The maximum Gasteiger partial charge on any atom is 0.216 e. The Morgan fingerprint density at radius 3 is 2.43 bits per heavy atom. The van der Waals surface area contributed by atoms with E-state index in [4.69, 9.17) is 13.9 Å². The molecule has 154 valence electrons. The summed E-state index contributed by atoms with van der Waals surface area (Å²) in [5, 5.41) is 6.68. The Labute approximate surface area is 167 Å². The topological polar surface area (TPSA) is 80.9 Å². The molecule has 0 spiro atoms. The molecule has 0 saturated carbocycles. The second kappa shape index (κ2) is 9.48. The highest BCUT2D eigenvalue weighted by molar-refractivity contribution is 5.79. The van der Waals surface area contributed by atoms with Crippen molar-refractivity contribution >= 4 is 5.96 Å². The third kappa shape index (κ3) is 5.41. The lowest BCUT2D eigenvalue weighted by Gasteiger charge is -2.27. The largest absolute Gasteiger partial charge is 0.493 e. The van der Waals surface area contributed by atoms with Gasteiger partial charge in [0, 0.05) is 18.5 Å². The molecule has 2 N–H and O–H groups in total. The number of hydrogen-bond acceptors (Lipinski definition) is 5. The first kappa shape index (κ1) is 21.6. The molecule has 0 radical (unpaired) electrons. The minimum atomic E-state index is -0.147. The van der Waals surface area contributed by atoms with Gasteiger partial charge < -0.3 is 24.5 Å². The van der Waals surface area contributed by atoms with Crippen LogP contribution in [0, 0.1) is 13.8 Å². The Hall–Kier alpha value is -2.70. The first-order valence-electron chi connectivity index (χ1n) is 9.48. The number of methoxy groups -OCH3 is 2. The van der Waals surface area contributed by atoms with Gasteiger partial charge in [-0.2, -0.15) is 0 Å². The van der Waals surface area contributed by atoms with Crippen LogP contribution in [0.1, 0.15) is 43.7 Å². The second-order valence-corrected chi connectivity index (χ2v) is 7.25. The van der Waals surface area contributed by atoms with Gasteiger partial charge in [-0.05, 0) is 38.5 Å². The lowest BCUT2D eigenvalue weighted by molar-refractivity contribution is 0.353. The number of rotatable bonds is 8. The van der Waals surface area contributed by atoms with Gasteiger partial charge in [0.25, 0.3) is 0 Å². The lowest BCUT2D eigenvalue weighted by atomic mass is 9.84. The predicted molar refractivity (Wildman–Crippen MR) is 111 cm³/mol. The van der Waals surface area contributed by atoms with Crippen LogP contribution < -0.4 is 20.1 Å². The summed E-state index contributed by atoms with van der Waals surface area (Å²) in [5.74, 6) is 3.62. The van der Waals surface area contributed by atoms with Crippen LogP contribution in [0.5, 0.6) is 11.5 Å². The average molecular weight is 389 g/mol. The SMILES string of the molecule is CCNC(=NCc1nc(C)c(C)o1)NCC(C)(C)c1ccc(OC)c(OC)c1. The molecule has 0 unspecified atom stereocenters. The number of benzene rings is 1. The van der Waals surface area contributed by atoms with Gasteiger partial charge in [0.15, 0.2) is 17.5 Å². The van der Waals surface area contributed by atoms with Crippen molar-refractivity contribution in [2.75, 3.05) is 27.3 Å². The highest BCUT2D eigenvalue weighted by atomic mass is 16.5. The molecule has 0 amide bonds. The van der Waals surface area contributed by atoms with Gasteiger partial charge in [-0.25, -0.2) is 9.98 Å². The number of nitrogens with zero attached hydrogens (tertiary/aromatic N) is 2. The Balaban J connectivity index is 2.09. The zero-order valence-electron chi connectivity index (χ0n) is 18.0. The van der Waals surface area contributed by atoms with Crippen molar-refractivity contribution in [3.8, 4) is 11.5 Å². The highest BCUT2D eigenvalue weighted by Crippen LogP contribution is 2.32. The van der Waals surface area contributed by atoms with Gasteiger partial charge in [0.1, 0.15) is 12.3 Å². The quantitative estimate of drug-likeness (QED) is 0.533. The highest BCUT2D eigenvalue weighted by Gasteiger charge is 2.23. The van der Waals surface area contributed by atoms with E-state index in [1.165, 1.54) is 0 Å². The molecule has 1 heterocycles. The van der Waals surface area contributed by atoms with Crippen molar-refractivity contribution in [3.63, 3.8) is 0 Å². The van der Waals surface area contributed by atoms with Crippen molar-refractivity contribution in [1.29, 1.82) is 0 Å². The maximum atomic E-state index is 5.61. The van der Waals surface area contributed by atoms with Gasteiger partial charge in [0.05, 0.1) is 19.9 Å². The zero-order chi connectivity index (χ0) is 20.7. The fourth-order valence-electron chi connectivity index (χ4n) is 2.76. The van der Waals surface area contributed by atoms with Crippen LogP contribution in [0.3, 0.4) is 0 Å².